The van der Waals surface area contributed by atoms with Gasteiger partial charge in [-0.25, -0.2) is 4.39 Å². The monoisotopic (exact) mass is 334 g/mol. The highest BCUT2D eigenvalue weighted by atomic mass is 35.5. The molecule has 3 nitrogen and oxygen atoms in total. The Hall–Kier alpha value is -0.780. The molecule has 0 spiro atoms. The molecular weight excluding hydrogens is 311 g/mol. The van der Waals surface area contributed by atoms with Gasteiger partial charge in [-0.15, -0.1) is 12.4 Å². The number of rotatable bonds is 7. The lowest BCUT2D eigenvalue weighted by Gasteiger charge is -2.26. The average molecular weight is 335 g/mol. The number of amides is 1. The standard InChI is InChI=1S/C15H23FN2OS.ClH/c1-15(2,11-6-4-5-7-12(11)16)10-18-14(19)13(17)8-9-20-3;/h4-7,13H,8-10,17H2,1-3H3,(H,18,19);1H/t13-;/m0./s1. The number of thioether (sulfide) groups is 1. The van der Waals surface area contributed by atoms with Crippen molar-refractivity contribution >= 4 is 30.1 Å². The topological polar surface area (TPSA) is 55.1 Å². The van der Waals surface area contributed by atoms with Gasteiger partial charge in [-0.05, 0) is 30.1 Å². The molecule has 0 aliphatic heterocycles. The highest BCUT2D eigenvalue weighted by Gasteiger charge is 2.25. The zero-order valence-electron chi connectivity index (χ0n) is 12.7. The van der Waals surface area contributed by atoms with Gasteiger partial charge in [0.05, 0.1) is 6.04 Å². The molecule has 1 aromatic carbocycles. The Morgan fingerprint density at radius 1 is 1.43 bits per heavy atom. The summed E-state index contributed by atoms with van der Waals surface area (Å²) in [5, 5.41) is 2.82. The lowest BCUT2D eigenvalue weighted by molar-refractivity contribution is -0.122. The van der Waals surface area contributed by atoms with E-state index in [2.05, 4.69) is 5.32 Å². The van der Waals surface area contributed by atoms with Crippen LogP contribution in [0, 0.1) is 5.82 Å². The zero-order chi connectivity index (χ0) is 15.2. The molecule has 3 N–H and O–H groups in total. The average Bonchev–Trinajstić information content (AvgIpc) is 2.42. The van der Waals surface area contributed by atoms with E-state index in [9.17, 15) is 9.18 Å². The van der Waals surface area contributed by atoms with Gasteiger partial charge in [-0.3, -0.25) is 4.79 Å². The van der Waals surface area contributed by atoms with Crippen molar-refractivity contribution < 1.29 is 9.18 Å². The van der Waals surface area contributed by atoms with Gasteiger partial charge in [-0.1, -0.05) is 32.0 Å². The van der Waals surface area contributed by atoms with E-state index in [-0.39, 0.29) is 24.1 Å². The Kier molecular flexibility index (Phi) is 8.94. The van der Waals surface area contributed by atoms with Crippen molar-refractivity contribution in [3.05, 3.63) is 35.6 Å². The molecule has 0 aromatic heterocycles. The van der Waals surface area contributed by atoms with Crippen LogP contribution in [0.2, 0.25) is 0 Å². The first kappa shape index (κ1) is 20.2. The SMILES string of the molecule is CSCC[C@H](N)C(=O)NCC(C)(C)c1ccccc1F.Cl. The summed E-state index contributed by atoms with van der Waals surface area (Å²) >= 11 is 1.66. The van der Waals surface area contributed by atoms with Gasteiger partial charge in [-0.2, -0.15) is 11.8 Å². The number of nitrogens with one attached hydrogen (secondary N) is 1. The van der Waals surface area contributed by atoms with E-state index >= 15 is 0 Å². The third-order valence-electron chi connectivity index (χ3n) is 3.28. The normalized spacial score (nSPS) is 12.4. The lowest BCUT2D eigenvalue weighted by atomic mass is 9.84. The number of carbonyl (C=O) groups excluding carboxylic acids is 1. The number of benzene rings is 1. The van der Waals surface area contributed by atoms with Gasteiger partial charge < -0.3 is 11.1 Å². The van der Waals surface area contributed by atoms with E-state index < -0.39 is 11.5 Å². The highest BCUT2D eigenvalue weighted by Crippen LogP contribution is 2.24. The summed E-state index contributed by atoms with van der Waals surface area (Å²) in [4.78, 5) is 11.9. The Labute approximate surface area is 136 Å². The summed E-state index contributed by atoms with van der Waals surface area (Å²) in [6.45, 7) is 4.16. The largest absolute Gasteiger partial charge is 0.354 e. The van der Waals surface area contributed by atoms with Crippen molar-refractivity contribution in [2.24, 2.45) is 5.73 Å². The number of hydrogen-bond acceptors (Lipinski definition) is 3. The predicted molar refractivity (Wildman–Crippen MR) is 90.7 cm³/mol. The molecule has 1 amide bonds. The molecule has 0 saturated heterocycles. The van der Waals surface area contributed by atoms with Crippen LogP contribution in [0.4, 0.5) is 4.39 Å². The molecule has 1 rings (SSSR count). The van der Waals surface area contributed by atoms with Crippen LogP contribution in [0.3, 0.4) is 0 Å². The van der Waals surface area contributed by atoms with E-state index in [1.54, 1.807) is 30.0 Å². The van der Waals surface area contributed by atoms with Crippen LogP contribution in [-0.4, -0.2) is 30.5 Å². The Balaban J connectivity index is 0.00000400. The Morgan fingerprint density at radius 2 is 2.05 bits per heavy atom. The minimum atomic E-state index is -0.501. The van der Waals surface area contributed by atoms with Gasteiger partial charge >= 0.3 is 0 Å². The molecule has 0 saturated carbocycles. The van der Waals surface area contributed by atoms with Crippen molar-refractivity contribution in [3.8, 4) is 0 Å². The van der Waals surface area contributed by atoms with Crippen molar-refractivity contribution in [2.45, 2.75) is 31.7 Å². The van der Waals surface area contributed by atoms with E-state index in [0.29, 0.717) is 18.5 Å². The molecule has 120 valence electrons. The first-order valence-electron chi connectivity index (χ1n) is 6.65. The van der Waals surface area contributed by atoms with Gasteiger partial charge in [0.2, 0.25) is 5.91 Å². The molecule has 0 radical (unpaired) electrons. The van der Waals surface area contributed by atoms with Gasteiger partial charge in [0.1, 0.15) is 5.82 Å². The fourth-order valence-corrected chi connectivity index (χ4v) is 2.41. The summed E-state index contributed by atoms with van der Waals surface area (Å²) in [5.74, 6) is 0.424. The third kappa shape index (κ3) is 6.24. The first-order valence-corrected chi connectivity index (χ1v) is 8.05. The van der Waals surface area contributed by atoms with Crippen molar-refractivity contribution in [2.75, 3.05) is 18.6 Å². The van der Waals surface area contributed by atoms with Gasteiger partial charge in [0.25, 0.3) is 0 Å². The third-order valence-corrected chi connectivity index (χ3v) is 3.92. The van der Waals surface area contributed by atoms with Gasteiger partial charge in [0, 0.05) is 12.0 Å². The first-order chi connectivity index (χ1) is 9.38. The smallest absolute Gasteiger partial charge is 0.236 e. The Morgan fingerprint density at radius 3 is 2.62 bits per heavy atom. The minimum absolute atomic E-state index is 0. The summed E-state index contributed by atoms with van der Waals surface area (Å²) < 4.78 is 13.8. The molecule has 0 heterocycles. The second kappa shape index (κ2) is 9.28. The summed E-state index contributed by atoms with van der Waals surface area (Å²) in [7, 11) is 0. The summed E-state index contributed by atoms with van der Waals surface area (Å²) in [6.07, 6.45) is 2.62. The second-order valence-corrected chi connectivity index (χ2v) is 6.46. The number of halogens is 2. The molecule has 0 bridgehead atoms. The van der Waals surface area contributed by atoms with Crippen LogP contribution in [0.5, 0.6) is 0 Å². The molecule has 1 aromatic rings. The number of nitrogens with two attached hydrogens (primary N) is 1. The van der Waals surface area contributed by atoms with E-state index in [4.69, 9.17) is 5.73 Å². The van der Waals surface area contributed by atoms with E-state index in [1.165, 1.54) is 6.07 Å². The van der Waals surface area contributed by atoms with Crippen LogP contribution in [0.25, 0.3) is 0 Å². The van der Waals surface area contributed by atoms with Crippen LogP contribution < -0.4 is 11.1 Å². The van der Waals surface area contributed by atoms with Crippen molar-refractivity contribution in [3.63, 3.8) is 0 Å². The van der Waals surface area contributed by atoms with Crippen molar-refractivity contribution in [1.29, 1.82) is 0 Å². The number of hydrogen-bond donors (Lipinski definition) is 2. The maximum Gasteiger partial charge on any atom is 0.236 e. The summed E-state index contributed by atoms with van der Waals surface area (Å²) in [6, 6.07) is 6.13. The Bertz CT molecular complexity index is 457. The van der Waals surface area contributed by atoms with E-state index in [0.717, 1.165) is 5.75 Å². The lowest BCUT2D eigenvalue weighted by Crippen LogP contribution is -2.45. The quantitative estimate of drug-likeness (QED) is 0.806. The molecule has 0 fully saturated rings. The van der Waals surface area contributed by atoms with Crippen LogP contribution in [-0.2, 0) is 10.2 Å². The number of carbonyl (C=O) groups is 1. The molecule has 0 unspecified atom stereocenters. The molecule has 1 atom stereocenters. The molecule has 21 heavy (non-hydrogen) atoms. The fourth-order valence-electron chi connectivity index (χ4n) is 1.92. The molecule has 6 heteroatoms. The minimum Gasteiger partial charge on any atom is -0.354 e. The van der Waals surface area contributed by atoms with Crippen LogP contribution >= 0.6 is 24.2 Å². The maximum absolute atomic E-state index is 13.8. The predicted octanol–water partition coefficient (Wildman–Crippen LogP) is 2.72. The van der Waals surface area contributed by atoms with E-state index in [1.807, 2.05) is 20.1 Å². The van der Waals surface area contributed by atoms with Crippen LogP contribution in [0.1, 0.15) is 25.8 Å². The highest BCUT2D eigenvalue weighted by molar-refractivity contribution is 7.98. The fraction of sp³-hybridized carbons (Fsp3) is 0.533. The molecule has 0 aliphatic rings. The van der Waals surface area contributed by atoms with Gasteiger partial charge in [0.15, 0.2) is 0 Å². The summed E-state index contributed by atoms with van der Waals surface area (Å²) in [5.41, 5.74) is 5.93. The second-order valence-electron chi connectivity index (χ2n) is 5.47. The zero-order valence-corrected chi connectivity index (χ0v) is 14.3. The van der Waals surface area contributed by atoms with Crippen molar-refractivity contribution in [1.82, 2.24) is 5.32 Å². The maximum atomic E-state index is 13.8. The molecule has 0 aliphatic carbocycles. The van der Waals surface area contributed by atoms with Crippen LogP contribution in [0.15, 0.2) is 24.3 Å². The molecular formula is C15H24ClFN2OS.